The van der Waals surface area contributed by atoms with Crippen molar-refractivity contribution in [2.24, 2.45) is 11.1 Å². The van der Waals surface area contributed by atoms with Crippen molar-refractivity contribution in [2.45, 2.75) is 62.0 Å². The van der Waals surface area contributed by atoms with Crippen LogP contribution in [0.4, 0.5) is 5.69 Å². The third-order valence-electron chi connectivity index (χ3n) is 7.13. The molecule has 3 aliphatic carbocycles. The minimum Gasteiger partial charge on any atom is -0.387 e. The molecule has 122 valence electrons. The van der Waals surface area contributed by atoms with Crippen LogP contribution in [0.2, 0.25) is 0 Å². The Labute approximate surface area is 136 Å². The van der Waals surface area contributed by atoms with E-state index in [2.05, 4.69) is 16.1 Å². The van der Waals surface area contributed by atoms with Gasteiger partial charge in [-0.25, -0.2) is 0 Å². The quantitative estimate of drug-likeness (QED) is 0.872. The first kappa shape index (κ1) is 14.1. The average Bonchev–Trinajstić information content (AvgIpc) is 3.29. The molecule has 2 unspecified atom stereocenters. The maximum absolute atomic E-state index is 11.7. The SMILES string of the molecule is O=Nc1ccc2c(c1)[C@]13CCCC1(O)C(C2)N(CC1CC1)CC3. The summed E-state index contributed by atoms with van der Waals surface area (Å²) in [6.45, 7) is 2.24. The van der Waals surface area contributed by atoms with Gasteiger partial charge in [-0.2, -0.15) is 0 Å². The Morgan fingerprint density at radius 2 is 2.13 bits per heavy atom. The second-order valence-corrected chi connectivity index (χ2v) is 8.20. The number of nitrogens with zero attached hydrogens (tertiary/aromatic N) is 2. The summed E-state index contributed by atoms with van der Waals surface area (Å²) in [7, 11) is 0. The topological polar surface area (TPSA) is 52.9 Å². The lowest BCUT2D eigenvalue weighted by atomic mass is 9.56. The molecule has 2 bridgehead atoms. The fraction of sp³-hybridized carbons (Fsp3) is 0.684. The highest BCUT2D eigenvalue weighted by Crippen LogP contribution is 2.60. The number of benzene rings is 1. The number of aliphatic hydroxyl groups is 1. The van der Waals surface area contributed by atoms with Gasteiger partial charge in [0.2, 0.25) is 0 Å². The first-order chi connectivity index (χ1) is 11.2. The van der Waals surface area contributed by atoms with Gasteiger partial charge in [-0.3, -0.25) is 4.90 Å². The van der Waals surface area contributed by atoms with Crippen molar-refractivity contribution in [2.75, 3.05) is 13.1 Å². The predicted octanol–water partition coefficient (Wildman–Crippen LogP) is 3.28. The lowest BCUT2D eigenvalue weighted by molar-refractivity contribution is -0.130. The minimum atomic E-state index is -0.616. The smallest absolute Gasteiger partial charge is 0.108 e. The van der Waals surface area contributed by atoms with Gasteiger partial charge in [0.15, 0.2) is 0 Å². The molecular weight excluding hydrogens is 288 g/mol. The van der Waals surface area contributed by atoms with Crippen molar-refractivity contribution in [1.82, 2.24) is 4.90 Å². The number of hydrogen-bond acceptors (Lipinski definition) is 4. The summed E-state index contributed by atoms with van der Waals surface area (Å²) in [5, 5.41) is 14.9. The normalized spacial score (nSPS) is 38.9. The van der Waals surface area contributed by atoms with Crippen molar-refractivity contribution in [3.8, 4) is 0 Å². The summed E-state index contributed by atoms with van der Waals surface area (Å²) in [6.07, 6.45) is 7.68. The molecule has 2 saturated carbocycles. The fourth-order valence-corrected chi connectivity index (χ4v) is 5.84. The molecule has 4 heteroatoms. The molecule has 1 aromatic carbocycles. The number of hydrogen-bond donors (Lipinski definition) is 1. The van der Waals surface area contributed by atoms with Crippen LogP contribution in [-0.4, -0.2) is 34.7 Å². The summed E-state index contributed by atoms with van der Waals surface area (Å²) in [5.74, 6) is 0.857. The molecule has 23 heavy (non-hydrogen) atoms. The zero-order chi connectivity index (χ0) is 15.7. The maximum Gasteiger partial charge on any atom is 0.108 e. The molecule has 3 fully saturated rings. The Balaban J connectivity index is 1.63. The lowest BCUT2D eigenvalue weighted by Gasteiger charge is -2.59. The molecule has 0 radical (unpaired) electrons. The number of fused-ring (bicyclic) bond motifs is 1. The third-order valence-corrected chi connectivity index (χ3v) is 7.13. The van der Waals surface area contributed by atoms with Crippen molar-refractivity contribution >= 4 is 5.69 Å². The van der Waals surface area contributed by atoms with E-state index in [1.165, 1.54) is 24.0 Å². The van der Waals surface area contributed by atoms with E-state index in [1.54, 1.807) is 0 Å². The van der Waals surface area contributed by atoms with Crippen molar-refractivity contribution in [3.05, 3.63) is 34.2 Å². The van der Waals surface area contributed by atoms with Crippen LogP contribution in [-0.2, 0) is 11.8 Å². The highest BCUT2D eigenvalue weighted by Gasteiger charge is 2.64. The van der Waals surface area contributed by atoms with Crippen LogP contribution in [0.1, 0.15) is 49.7 Å². The van der Waals surface area contributed by atoms with Crippen molar-refractivity contribution in [3.63, 3.8) is 0 Å². The zero-order valence-electron chi connectivity index (χ0n) is 13.5. The van der Waals surface area contributed by atoms with Gasteiger partial charge >= 0.3 is 0 Å². The van der Waals surface area contributed by atoms with Crippen LogP contribution in [0.5, 0.6) is 0 Å². The second-order valence-electron chi connectivity index (χ2n) is 8.20. The van der Waals surface area contributed by atoms with Gasteiger partial charge in [0.25, 0.3) is 0 Å². The molecule has 5 rings (SSSR count). The number of rotatable bonds is 3. The van der Waals surface area contributed by atoms with Crippen LogP contribution < -0.4 is 0 Å². The van der Waals surface area contributed by atoms with Crippen LogP contribution >= 0.6 is 0 Å². The molecule has 0 spiro atoms. The van der Waals surface area contributed by atoms with Crippen molar-refractivity contribution < 1.29 is 5.11 Å². The number of piperidine rings is 1. The summed E-state index contributed by atoms with van der Waals surface area (Å²) in [4.78, 5) is 13.6. The van der Waals surface area contributed by atoms with Gasteiger partial charge in [-0.05, 0) is 85.8 Å². The molecule has 1 aliphatic heterocycles. The van der Waals surface area contributed by atoms with Gasteiger partial charge in [0.05, 0.1) is 5.60 Å². The van der Waals surface area contributed by atoms with E-state index in [-0.39, 0.29) is 11.5 Å². The summed E-state index contributed by atoms with van der Waals surface area (Å²) in [6, 6.07) is 6.13. The maximum atomic E-state index is 11.7. The third kappa shape index (κ3) is 1.79. The summed E-state index contributed by atoms with van der Waals surface area (Å²) < 4.78 is 0. The Bertz CT molecular complexity index is 671. The predicted molar refractivity (Wildman–Crippen MR) is 88.8 cm³/mol. The minimum absolute atomic E-state index is 0.147. The van der Waals surface area contributed by atoms with Gasteiger partial charge in [0, 0.05) is 18.0 Å². The van der Waals surface area contributed by atoms with Crippen LogP contribution in [0.15, 0.2) is 23.4 Å². The van der Waals surface area contributed by atoms with E-state index >= 15 is 0 Å². The molecular formula is C19H24N2O2. The second kappa shape index (κ2) is 4.64. The van der Waals surface area contributed by atoms with Crippen LogP contribution in [0.25, 0.3) is 0 Å². The van der Waals surface area contributed by atoms with Gasteiger partial charge in [-0.1, -0.05) is 6.07 Å². The number of nitroso groups, excluding NO2 is 1. The first-order valence-corrected chi connectivity index (χ1v) is 9.09. The van der Waals surface area contributed by atoms with E-state index in [0.717, 1.165) is 51.1 Å². The van der Waals surface area contributed by atoms with E-state index in [1.807, 2.05) is 12.1 Å². The molecule has 1 N–H and O–H groups in total. The Morgan fingerprint density at radius 1 is 1.26 bits per heavy atom. The van der Waals surface area contributed by atoms with Gasteiger partial charge < -0.3 is 5.11 Å². The molecule has 1 heterocycles. The van der Waals surface area contributed by atoms with Gasteiger partial charge in [0.1, 0.15) is 5.69 Å². The molecule has 1 aromatic rings. The van der Waals surface area contributed by atoms with E-state index in [9.17, 15) is 10.0 Å². The molecule has 4 aliphatic rings. The Hall–Kier alpha value is -1.26. The molecule has 0 aromatic heterocycles. The molecule has 3 atom stereocenters. The Kier molecular flexibility index (Phi) is 2.85. The highest BCUT2D eigenvalue weighted by atomic mass is 16.3. The standard InChI is InChI=1S/C19H24N2O2/c22-19-7-1-6-18(19)8-9-21(12-13-2-3-13)17(19)10-14-4-5-15(20-23)11-16(14)18/h4-5,11,13,17,22H,1-3,6-10,12H2/t17?,18-,19?/m1/s1. The zero-order valence-corrected chi connectivity index (χ0v) is 13.5. The molecule has 1 saturated heterocycles. The van der Waals surface area contributed by atoms with Crippen LogP contribution in [0, 0.1) is 10.8 Å². The largest absolute Gasteiger partial charge is 0.387 e. The Morgan fingerprint density at radius 3 is 2.91 bits per heavy atom. The number of likely N-dealkylation sites (tertiary alicyclic amines) is 1. The molecule has 0 amide bonds. The first-order valence-electron chi connectivity index (χ1n) is 9.09. The van der Waals surface area contributed by atoms with E-state index in [0.29, 0.717) is 5.69 Å². The lowest BCUT2D eigenvalue weighted by Crippen LogP contribution is -2.69. The monoisotopic (exact) mass is 312 g/mol. The van der Waals surface area contributed by atoms with Crippen molar-refractivity contribution in [1.29, 1.82) is 0 Å². The van der Waals surface area contributed by atoms with E-state index < -0.39 is 5.60 Å². The fourth-order valence-electron chi connectivity index (χ4n) is 5.84. The average molecular weight is 312 g/mol. The molecule has 4 nitrogen and oxygen atoms in total. The van der Waals surface area contributed by atoms with Gasteiger partial charge in [-0.15, -0.1) is 4.91 Å². The van der Waals surface area contributed by atoms with Crippen LogP contribution in [0.3, 0.4) is 0 Å². The summed E-state index contributed by atoms with van der Waals surface area (Å²) >= 11 is 0. The van der Waals surface area contributed by atoms with E-state index in [4.69, 9.17) is 0 Å². The highest BCUT2D eigenvalue weighted by molar-refractivity contribution is 5.52. The summed E-state index contributed by atoms with van der Waals surface area (Å²) in [5.41, 5.74) is 2.29.